The third-order valence-electron chi connectivity index (χ3n) is 4.23. The van der Waals surface area contributed by atoms with E-state index in [2.05, 4.69) is 20.1 Å². The molecule has 33 heavy (non-hydrogen) atoms. The third kappa shape index (κ3) is 14.4. The number of esters is 3. The van der Waals surface area contributed by atoms with Gasteiger partial charge in [0, 0.05) is 23.3 Å². The highest BCUT2D eigenvalue weighted by Gasteiger charge is 2.16. The monoisotopic (exact) mass is 456 g/mol. The molecule has 0 aromatic heterocycles. The lowest BCUT2D eigenvalue weighted by atomic mass is 10.1. The van der Waals surface area contributed by atoms with Crippen LogP contribution in [0.1, 0.15) is 58.4 Å². The topological polar surface area (TPSA) is 89.9 Å². The average Bonchev–Trinajstić information content (AvgIpc) is 2.81. The van der Waals surface area contributed by atoms with Crippen molar-refractivity contribution in [3.63, 3.8) is 0 Å². The van der Waals surface area contributed by atoms with Gasteiger partial charge in [0.25, 0.3) is 0 Å². The van der Waals surface area contributed by atoms with Crippen LogP contribution in [-0.4, -0.2) is 36.2 Å². The predicted octanol–water partition coefficient (Wildman–Crippen LogP) is 5.34. The maximum Gasteiger partial charge on any atom is 0.341 e. The number of carbonyl (C=O) groups is 3. The molecule has 0 atom stereocenters. The van der Waals surface area contributed by atoms with Crippen LogP contribution in [0.5, 0.6) is 0 Å². The molecule has 1 rings (SSSR count). The molecular weight excluding hydrogens is 420 g/mol. The average molecular weight is 457 g/mol. The Morgan fingerprint density at radius 1 is 1.00 bits per heavy atom. The first-order valence-corrected chi connectivity index (χ1v) is 11.1. The summed E-state index contributed by atoms with van der Waals surface area (Å²) in [6, 6.07) is 9.62. The van der Waals surface area contributed by atoms with Crippen LogP contribution in [0.4, 0.5) is 0 Å². The molecule has 0 aliphatic rings. The highest BCUT2D eigenvalue weighted by molar-refractivity contribution is 6.01. The molecule has 0 aliphatic carbocycles. The van der Waals surface area contributed by atoms with Crippen molar-refractivity contribution in [2.45, 2.75) is 52.9 Å². The number of carbonyl (C=O) groups excluding carboxylic acids is 3. The molecule has 0 saturated heterocycles. The SMILES string of the molecule is C=C(C)C(=O)OCCCC.C=C(CC)C(=O)OC(=O)C(=CC=Cc1ccccc1)CCCO. The molecule has 0 aliphatic heterocycles. The minimum atomic E-state index is -0.709. The standard InChI is InChI=1S/C19H22O4.C8H14O2/c1-3-15(2)18(21)23-19(22)17(13-8-14-20)12-7-11-16-9-5-4-6-10-16;1-4-5-6-10-8(9)7(2)3/h4-7,9-12,20H,2-3,8,13-14H2,1H3;2,4-6H2,1,3H3. The maximum atomic E-state index is 12.1. The van der Waals surface area contributed by atoms with Crippen LogP contribution in [-0.2, 0) is 23.9 Å². The Bertz CT molecular complexity index is 833. The van der Waals surface area contributed by atoms with E-state index in [0.29, 0.717) is 37.0 Å². The van der Waals surface area contributed by atoms with Gasteiger partial charge >= 0.3 is 17.9 Å². The molecule has 0 fully saturated rings. The van der Waals surface area contributed by atoms with Gasteiger partial charge in [-0.05, 0) is 38.2 Å². The summed E-state index contributed by atoms with van der Waals surface area (Å²) >= 11 is 0. The molecule has 0 saturated carbocycles. The van der Waals surface area contributed by atoms with Crippen molar-refractivity contribution < 1.29 is 29.0 Å². The van der Waals surface area contributed by atoms with E-state index in [0.717, 1.165) is 18.4 Å². The second kappa shape index (κ2) is 18.3. The van der Waals surface area contributed by atoms with E-state index in [1.54, 1.807) is 26.0 Å². The summed E-state index contributed by atoms with van der Waals surface area (Å²) in [4.78, 5) is 34.4. The van der Waals surface area contributed by atoms with Crippen LogP contribution < -0.4 is 0 Å². The van der Waals surface area contributed by atoms with E-state index in [1.165, 1.54) is 0 Å². The van der Waals surface area contributed by atoms with Crippen molar-refractivity contribution in [2.24, 2.45) is 0 Å². The smallest absolute Gasteiger partial charge is 0.341 e. The van der Waals surface area contributed by atoms with Gasteiger partial charge in [-0.2, -0.15) is 0 Å². The lowest BCUT2D eigenvalue weighted by Crippen LogP contribution is -2.15. The first-order valence-electron chi connectivity index (χ1n) is 11.1. The molecule has 0 radical (unpaired) electrons. The zero-order chi connectivity index (χ0) is 25.1. The number of rotatable bonds is 12. The van der Waals surface area contributed by atoms with E-state index in [1.807, 2.05) is 36.4 Å². The zero-order valence-corrected chi connectivity index (χ0v) is 20.0. The fourth-order valence-corrected chi connectivity index (χ4v) is 2.16. The number of ether oxygens (including phenoxy) is 2. The number of hydrogen-bond acceptors (Lipinski definition) is 6. The number of aliphatic hydroxyl groups is 1. The van der Waals surface area contributed by atoms with Crippen molar-refractivity contribution in [1.29, 1.82) is 0 Å². The molecule has 0 heterocycles. The maximum absolute atomic E-state index is 12.1. The van der Waals surface area contributed by atoms with Gasteiger partial charge in [0.15, 0.2) is 0 Å². The van der Waals surface area contributed by atoms with E-state index in [9.17, 15) is 14.4 Å². The van der Waals surface area contributed by atoms with Crippen molar-refractivity contribution >= 4 is 24.0 Å². The summed E-state index contributed by atoms with van der Waals surface area (Å²) in [5.41, 5.74) is 2.05. The van der Waals surface area contributed by atoms with Gasteiger partial charge in [0.2, 0.25) is 0 Å². The summed E-state index contributed by atoms with van der Waals surface area (Å²) in [7, 11) is 0. The second-order valence-electron chi connectivity index (χ2n) is 7.19. The fraction of sp³-hybridized carbons (Fsp3) is 0.370. The molecule has 1 aromatic carbocycles. The van der Waals surface area contributed by atoms with Crippen LogP contribution >= 0.6 is 0 Å². The van der Waals surface area contributed by atoms with E-state index in [4.69, 9.17) is 14.6 Å². The number of hydrogen-bond donors (Lipinski definition) is 1. The number of unbranched alkanes of at least 4 members (excludes halogenated alkanes) is 1. The number of allylic oxidation sites excluding steroid dienone is 2. The normalized spacial score (nSPS) is 10.7. The van der Waals surface area contributed by atoms with Crippen LogP contribution in [0.25, 0.3) is 6.08 Å². The van der Waals surface area contributed by atoms with Gasteiger partial charge in [0.1, 0.15) is 0 Å². The van der Waals surface area contributed by atoms with E-state index in [-0.39, 0.29) is 18.1 Å². The fourth-order valence-electron chi connectivity index (χ4n) is 2.16. The molecule has 0 bridgehead atoms. The van der Waals surface area contributed by atoms with E-state index >= 15 is 0 Å². The Labute approximate surface area is 197 Å². The summed E-state index contributed by atoms with van der Waals surface area (Å²) < 4.78 is 9.61. The first-order chi connectivity index (χ1) is 15.8. The molecule has 6 heteroatoms. The predicted molar refractivity (Wildman–Crippen MR) is 131 cm³/mol. The van der Waals surface area contributed by atoms with Gasteiger partial charge in [-0.1, -0.05) is 82.0 Å². The van der Waals surface area contributed by atoms with Gasteiger partial charge in [-0.3, -0.25) is 0 Å². The summed E-state index contributed by atoms with van der Waals surface area (Å²) in [5.74, 6) is -1.69. The Morgan fingerprint density at radius 3 is 2.21 bits per heavy atom. The largest absolute Gasteiger partial charge is 0.462 e. The molecular formula is C27H36O6. The van der Waals surface area contributed by atoms with Crippen molar-refractivity contribution in [3.8, 4) is 0 Å². The highest BCUT2D eigenvalue weighted by atomic mass is 16.6. The lowest BCUT2D eigenvalue weighted by Gasteiger charge is -2.06. The van der Waals surface area contributed by atoms with Gasteiger partial charge in [-0.25, -0.2) is 14.4 Å². The molecule has 180 valence electrons. The van der Waals surface area contributed by atoms with Gasteiger partial charge in [-0.15, -0.1) is 0 Å². The zero-order valence-electron chi connectivity index (χ0n) is 20.0. The Kier molecular flexibility index (Phi) is 16.5. The second-order valence-corrected chi connectivity index (χ2v) is 7.19. The quantitative estimate of drug-likeness (QED) is 0.150. The number of aliphatic hydroxyl groups excluding tert-OH is 1. The first kappa shape index (κ1) is 29.8. The van der Waals surface area contributed by atoms with Crippen LogP contribution in [0.2, 0.25) is 0 Å². The van der Waals surface area contributed by atoms with Crippen molar-refractivity contribution in [3.05, 3.63) is 77.9 Å². The van der Waals surface area contributed by atoms with Crippen molar-refractivity contribution in [1.82, 2.24) is 0 Å². The Hall–Kier alpha value is -3.25. The Morgan fingerprint density at radius 2 is 1.67 bits per heavy atom. The van der Waals surface area contributed by atoms with Crippen LogP contribution in [0, 0.1) is 0 Å². The van der Waals surface area contributed by atoms with Gasteiger partial charge < -0.3 is 14.6 Å². The van der Waals surface area contributed by atoms with Crippen LogP contribution in [0.15, 0.2) is 72.4 Å². The minimum Gasteiger partial charge on any atom is -0.462 e. The van der Waals surface area contributed by atoms with Crippen molar-refractivity contribution in [2.75, 3.05) is 13.2 Å². The van der Waals surface area contributed by atoms with Gasteiger partial charge in [0.05, 0.1) is 6.61 Å². The molecule has 0 spiro atoms. The molecule has 0 unspecified atom stereocenters. The molecule has 0 amide bonds. The summed E-state index contributed by atoms with van der Waals surface area (Å²) in [5, 5.41) is 8.93. The van der Waals surface area contributed by atoms with E-state index < -0.39 is 11.9 Å². The molecule has 1 aromatic rings. The lowest BCUT2D eigenvalue weighted by molar-refractivity contribution is -0.154. The summed E-state index contributed by atoms with van der Waals surface area (Å²) in [6.45, 7) is 12.9. The Balaban J connectivity index is 0.000000861. The van der Waals surface area contributed by atoms with Crippen LogP contribution in [0.3, 0.4) is 0 Å². The number of benzene rings is 1. The molecule has 1 N–H and O–H groups in total. The molecule has 6 nitrogen and oxygen atoms in total. The third-order valence-corrected chi connectivity index (χ3v) is 4.23. The highest BCUT2D eigenvalue weighted by Crippen LogP contribution is 2.11. The summed E-state index contributed by atoms with van der Waals surface area (Å²) in [6.07, 6.45) is 8.33. The minimum absolute atomic E-state index is 0.0391.